The maximum absolute atomic E-state index is 12.6. The Labute approximate surface area is 143 Å². The fourth-order valence-corrected chi connectivity index (χ4v) is 2.50. The molecule has 1 heterocycles. The van der Waals surface area contributed by atoms with Crippen LogP contribution in [0.2, 0.25) is 0 Å². The van der Waals surface area contributed by atoms with Gasteiger partial charge in [-0.3, -0.25) is 0 Å². The fourth-order valence-electron chi connectivity index (χ4n) is 2.50. The molecule has 0 bridgehead atoms. The Kier molecular flexibility index (Phi) is 5.83. The number of nitrogens with one attached hydrogen (secondary N) is 1. The minimum absolute atomic E-state index is 0.490. The number of hydrogen-bond donors (Lipinski definition) is 1. The molecule has 1 amide bonds. The number of hydrogen-bond acceptors (Lipinski definition) is 5. The molecule has 0 saturated carbocycles. The molecule has 0 aliphatic carbocycles. The molecule has 1 aromatic rings. The second-order valence-electron chi connectivity index (χ2n) is 6.89. The van der Waals surface area contributed by atoms with Crippen molar-refractivity contribution in [1.82, 2.24) is 10.2 Å². The summed E-state index contributed by atoms with van der Waals surface area (Å²) in [5, 5.41) is 3.18. The van der Waals surface area contributed by atoms with Gasteiger partial charge in [-0.05, 0) is 33.3 Å². The first kappa shape index (κ1) is 18.3. The van der Waals surface area contributed by atoms with E-state index in [1.807, 2.05) is 25.1 Å². The molecule has 2 rings (SSSR count). The van der Waals surface area contributed by atoms with Crippen LogP contribution in [0.25, 0.3) is 0 Å². The Hall–Kier alpha value is -2.08. The standard InChI is InChI=1S/C18H26N2O4/c1-13-7-5-6-8-14(13)15(16(21)24-18(2,3)4)23-17(22)20-11-9-19-10-12-20/h5-8,15,19H,9-12H2,1-4H3. The Morgan fingerprint density at radius 2 is 1.79 bits per heavy atom. The third-order valence-electron chi connectivity index (χ3n) is 3.69. The van der Waals surface area contributed by atoms with E-state index in [9.17, 15) is 9.59 Å². The van der Waals surface area contributed by atoms with E-state index in [1.54, 1.807) is 31.7 Å². The molecule has 1 fully saturated rings. The van der Waals surface area contributed by atoms with Crippen LogP contribution in [0.4, 0.5) is 4.79 Å². The molecule has 1 unspecified atom stereocenters. The third kappa shape index (κ3) is 4.96. The van der Waals surface area contributed by atoms with Gasteiger partial charge in [-0.1, -0.05) is 24.3 Å². The molecular weight excluding hydrogens is 308 g/mol. The first-order chi connectivity index (χ1) is 11.3. The van der Waals surface area contributed by atoms with Crippen LogP contribution < -0.4 is 5.32 Å². The molecular formula is C18H26N2O4. The maximum Gasteiger partial charge on any atom is 0.411 e. The van der Waals surface area contributed by atoms with Crippen LogP contribution in [-0.4, -0.2) is 48.7 Å². The Morgan fingerprint density at radius 3 is 2.38 bits per heavy atom. The fraction of sp³-hybridized carbons (Fsp3) is 0.556. The average molecular weight is 334 g/mol. The van der Waals surface area contributed by atoms with Gasteiger partial charge in [0.1, 0.15) is 5.60 Å². The van der Waals surface area contributed by atoms with E-state index in [0.29, 0.717) is 18.7 Å². The minimum atomic E-state index is -1.06. The molecule has 0 radical (unpaired) electrons. The van der Waals surface area contributed by atoms with Crippen molar-refractivity contribution >= 4 is 12.1 Å². The number of aryl methyl sites for hydroxylation is 1. The Morgan fingerprint density at radius 1 is 1.17 bits per heavy atom. The molecule has 0 aromatic heterocycles. The number of rotatable bonds is 3. The molecule has 0 spiro atoms. The number of benzene rings is 1. The van der Waals surface area contributed by atoms with Crippen molar-refractivity contribution in [1.29, 1.82) is 0 Å². The van der Waals surface area contributed by atoms with E-state index in [1.165, 1.54) is 0 Å². The summed E-state index contributed by atoms with van der Waals surface area (Å²) in [6.45, 7) is 9.81. The molecule has 6 nitrogen and oxygen atoms in total. The van der Waals surface area contributed by atoms with Crippen LogP contribution in [0.5, 0.6) is 0 Å². The van der Waals surface area contributed by atoms with Crippen LogP contribution in [-0.2, 0) is 14.3 Å². The van der Waals surface area contributed by atoms with Crippen LogP contribution >= 0.6 is 0 Å². The number of esters is 1. The molecule has 1 saturated heterocycles. The highest BCUT2D eigenvalue weighted by Gasteiger charge is 2.32. The number of piperazine rings is 1. The second-order valence-corrected chi connectivity index (χ2v) is 6.89. The van der Waals surface area contributed by atoms with Gasteiger partial charge in [0.05, 0.1) is 0 Å². The molecule has 1 N–H and O–H groups in total. The van der Waals surface area contributed by atoms with Gasteiger partial charge in [0.2, 0.25) is 6.10 Å². The average Bonchev–Trinajstić information content (AvgIpc) is 2.52. The molecule has 1 atom stereocenters. The van der Waals surface area contributed by atoms with Crippen LogP contribution in [0.3, 0.4) is 0 Å². The molecule has 1 aliphatic rings. The van der Waals surface area contributed by atoms with Crippen molar-refractivity contribution in [3.8, 4) is 0 Å². The highest BCUT2D eigenvalue weighted by atomic mass is 16.6. The van der Waals surface area contributed by atoms with Gasteiger partial charge >= 0.3 is 12.1 Å². The summed E-state index contributed by atoms with van der Waals surface area (Å²) in [6.07, 6.45) is -1.55. The summed E-state index contributed by atoms with van der Waals surface area (Å²) >= 11 is 0. The van der Waals surface area contributed by atoms with E-state index in [4.69, 9.17) is 9.47 Å². The topological polar surface area (TPSA) is 67.9 Å². The summed E-state index contributed by atoms with van der Waals surface area (Å²) in [7, 11) is 0. The van der Waals surface area contributed by atoms with E-state index >= 15 is 0 Å². The van der Waals surface area contributed by atoms with Crippen molar-refractivity contribution in [2.45, 2.75) is 39.4 Å². The van der Waals surface area contributed by atoms with Crippen molar-refractivity contribution in [3.63, 3.8) is 0 Å². The van der Waals surface area contributed by atoms with Crippen molar-refractivity contribution < 1.29 is 19.1 Å². The molecule has 1 aliphatic heterocycles. The summed E-state index contributed by atoms with van der Waals surface area (Å²) in [5.41, 5.74) is 0.871. The first-order valence-corrected chi connectivity index (χ1v) is 8.22. The summed E-state index contributed by atoms with van der Waals surface area (Å²) < 4.78 is 11.0. The van der Waals surface area contributed by atoms with Gasteiger partial charge in [0.25, 0.3) is 0 Å². The van der Waals surface area contributed by atoms with Gasteiger partial charge in [-0.2, -0.15) is 0 Å². The van der Waals surface area contributed by atoms with Crippen LogP contribution in [0, 0.1) is 6.92 Å². The highest BCUT2D eigenvalue weighted by molar-refractivity contribution is 5.81. The molecule has 24 heavy (non-hydrogen) atoms. The van der Waals surface area contributed by atoms with E-state index in [2.05, 4.69) is 5.32 Å². The monoisotopic (exact) mass is 334 g/mol. The van der Waals surface area contributed by atoms with Gasteiger partial charge in [-0.15, -0.1) is 0 Å². The van der Waals surface area contributed by atoms with Gasteiger partial charge in [0, 0.05) is 31.7 Å². The molecule has 1 aromatic carbocycles. The van der Waals surface area contributed by atoms with Crippen LogP contribution in [0.15, 0.2) is 24.3 Å². The SMILES string of the molecule is Cc1ccccc1C(OC(=O)N1CCNCC1)C(=O)OC(C)(C)C. The van der Waals surface area contributed by atoms with E-state index in [-0.39, 0.29) is 0 Å². The van der Waals surface area contributed by atoms with Crippen molar-refractivity contribution in [2.24, 2.45) is 0 Å². The largest absolute Gasteiger partial charge is 0.457 e. The summed E-state index contributed by atoms with van der Waals surface area (Å²) in [6, 6.07) is 7.36. The predicted molar refractivity (Wildman–Crippen MR) is 90.7 cm³/mol. The van der Waals surface area contributed by atoms with E-state index < -0.39 is 23.8 Å². The number of carbonyl (C=O) groups is 2. The summed E-state index contributed by atoms with van der Waals surface area (Å²) in [4.78, 5) is 26.6. The third-order valence-corrected chi connectivity index (χ3v) is 3.69. The normalized spacial score (nSPS) is 16.4. The maximum atomic E-state index is 12.6. The van der Waals surface area contributed by atoms with Crippen molar-refractivity contribution in [2.75, 3.05) is 26.2 Å². The van der Waals surface area contributed by atoms with Gasteiger partial charge in [0.15, 0.2) is 0 Å². The zero-order valence-electron chi connectivity index (χ0n) is 14.8. The number of amides is 1. The lowest BCUT2D eigenvalue weighted by Gasteiger charge is -2.30. The Balaban J connectivity index is 2.20. The number of ether oxygens (including phenoxy) is 2. The quantitative estimate of drug-likeness (QED) is 0.860. The minimum Gasteiger partial charge on any atom is -0.457 e. The summed E-state index contributed by atoms with van der Waals surface area (Å²) in [5.74, 6) is -0.555. The Bertz CT molecular complexity index is 589. The van der Waals surface area contributed by atoms with Gasteiger partial charge in [-0.25, -0.2) is 9.59 Å². The smallest absolute Gasteiger partial charge is 0.411 e. The van der Waals surface area contributed by atoms with Crippen LogP contribution in [0.1, 0.15) is 38.0 Å². The van der Waals surface area contributed by atoms with E-state index in [0.717, 1.165) is 18.7 Å². The lowest BCUT2D eigenvalue weighted by Crippen LogP contribution is -2.47. The lowest BCUT2D eigenvalue weighted by atomic mass is 10.0. The molecule has 6 heteroatoms. The zero-order valence-corrected chi connectivity index (χ0v) is 14.8. The predicted octanol–water partition coefficient (Wildman–Crippen LogP) is 2.42. The molecule has 132 valence electrons. The zero-order chi connectivity index (χ0) is 17.7. The van der Waals surface area contributed by atoms with Gasteiger partial charge < -0.3 is 19.7 Å². The lowest BCUT2D eigenvalue weighted by molar-refractivity contribution is -0.166. The number of carbonyl (C=O) groups excluding carboxylic acids is 2. The number of nitrogens with zero attached hydrogens (tertiary/aromatic N) is 1. The van der Waals surface area contributed by atoms with Crippen molar-refractivity contribution in [3.05, 3.63) is 35.4 Å². The highest BCUT2D eigenvalue weighted by Crippen LogP contribution is 2.25. The first-order valence-electron chi connectivity index (χ1n) is 8.22. The second kappa shape index (κ2) is 7.66.